The molecule has 1 unspecified atom stereocenters. The number of hydrogen-bond donors (Lipinski definition) is 1. The summed E-state index contributed by atoms with van der Waals surface area (Å²) >= 11 is 0. The van der Waals surface area contributed by atoms with Crippen LogP contribution < -0.4 is 0 Å². The third-order valence-corrected chi connectivity index (χ3v) is 2.98. The fourth-order valence-corrected chi connectivity index (χ4v) is 1.93. The van der Waals surface area contributed by atoms with E-state index in [1.807, 2.05) is 6.92 Å². The molecule has 0 saturated carbocycles. The van der Waals surface area contributed by atoms with Crippen molar-refractivity contribution in [2.24, 2.45) is 0 Å². The third-order valence-electron chi connectivity index (χ3n) is 2.98. The number of morpholine rings is 1. The maximum absolute atomic E-state index is 12.2. The second-order valence-electron chi connectivity index (χ2n) is 4.43. The fraction of sp³-hybridized carbons (Fsp3) is 0.462. The van der Waals surface area contributed by atoms with Gasteiger partial charge in [-0.2, -0.15) is 0 Å². The van der Waals surface area contributed by atoms with Crippen LogP contribution in [0.4, 0.5) is 0 Å². The molecule has 92 valence electrons. The number of benzene rings is 1. The molecule has 1 heterocycles. The van der Waals surface area contributed by atoms with Gasteiger partial charge >= 0.3 is 0 Å². The molecule has 4 heteroatoms. The standard InChI is InChI=1S/C13H17NO3/c1-9-3-4-11(7-12(9)15)13(16)14-5-6-17-10(2)8-14/h3-4,7,10,15H,5-6,8H2,1-2H3. The van der Waals surface area contributed by atoms with Gasteiger partial charge in [0.25, 0.3) is 5.91 Å². The highest BCUT2D eigenvalue weighted by molar-refractivity contribution is 5.94. The van der Waals surface area contributed by atoms with Crippen LogP contribution in [0.3, 0.4) is 0 Å². The van der Waals surface area contributed by atoms with Gasteiger partial charge in [0.15, 0.2) is 0 Å². The maximum atomic E-state index is 12.2. The van der Waals surface area contributed by atoms with E-state index < -0.39 is 0 Å². The minimum Gasteiger partial charge on any atom is -0.508 e. The first-order chi connectivity index (χ1) is 8.08. The van der Waals surface area contributed by atoms with Gasteiger partial charge in [-0.15, -0.1) is 0 Å². The number of phenolic OH excluding ortho intramolecular Hbond substituents is 1. The summed E-state index contributed by atoms with van der Waals surface area (Å²) in [5, 5.41) is 9.60. The van der Waals surface area contributed by atoms with E-state index in [1.54, 1.807) is 24.0 Å². The second kappa shape index (κ2) is 4.75. The molecule has 1 aromatic carbocycles. The van der Waals surface area contributed by atoms with Crippen LogP contribution in [0.1, 0.15) is 22.8 Å². The molecule has 1 N–H and O–H groups in total. The van der Waals surface area contributed by atoms with E-state index in [0.717, 1.165) is 5.56 Å². The Bertz CT molecular complexity index is 431. The van der Waals surface area contributed by atoms with Crippen molar-refractivity contribution >= 4 is 5.91 Å². The number of carbonyl (C=O) groups is 1. The Morgan fingerprint density at radius 2 is 2.29 bits per heavy atom. The molecule has 1 aromatic rings. The first-order valence-electron chi connectivity index (χ1n) is 5.78. The molecule has 0 spiro atoms. The largest absolute Gasteiger partial charge is 0.508 e. The van der Waals surface area contributed by atoms with Gasteiger partial charge in [0.2, 0.25) is 0 Å². The van der Waals surface area contributed by atoms with Gasteiger partial charge in [-0.3, -0.25) is 4.79 Å². The van der Waals surface area contributed by atoms with E-state index in [2.05, 4.69) is 0 Å². The van der Waals surface area contributed by atoms with Crippen molar-refractivity contribution in [3.8, 4) is 5.75 Å². The molecule has 1 atom stereocenters. The van der Waals surface area contributed by atoms with Crippen LogP contribution in [0, 0.1) is 6.92 Å². The molecule has 0 radical (unpaired) electrons. The Balaban J connectivity index is 2.15. The Labute approximate surface area is 101 Å². The van der Waals surface area contributed by atoms with Crippen molar-refractivity contribution in [1.82, 2.24) is 4.90 Å². The van der Waals surface area contributed by atoms with Gasteiger partial charge in [-0.25, -0.2) is 0 Å². The number of hydrogen-bond acceptors (Lipinski definition) is 3. The lowest BCUT2D eigenvalue weighted by Gasteiger charge is -2.31. The van der Waals surface area contributed by atoms with E-state index in [1.165, 1.54) is 6.07 Å². The van der Waals surface area contributed by atoms with Crippen molar-refractivity contribution in [2.75, 3.05) is 19.7 Å². The molecule has 1 fully saturated rings. The lowest BCUT2D eigenvalue weighted by atomic mass is 10.1. The summed E-state index contributed by atoms with van der Waals surface area (Å²) in [6, 6.07) is 5.03. The number of rotatable bonds is 1. The van der Waals surface area contributed by atoms with E-state index in [4.69, 9.17) is 4.74 Å². The number of amides is 1. The van der Waals surface area contributed by atoms with Crippen LogP contribution in [-0.4, -0.2) is 41.7 Å². The van der Waals surface area contributed by atoms with Gasteiger partial charge in [0, 0.05) is 18.7 Å². The van der Waals surface area contributed by atoms with E-state index in [-0.39, 0.29) is 17.8 Å². The van der Waals surface area contributed by atoms with Crippen LogP contribution in [0.25, 0.3) is 0 Å². The molecule has 17 heavy (non-hydrogen) atoms. The Morgan fingerprint density at radius 3 is 2.94 bits per heavy atom. The first-order valence-corrected chi connectivity index (χ1v) is 5.78. The predicted octanol–water partition coefficient (Wildman–Crippen LogP) is 1.56. The van der Waals surface area contributed by atoms with Crippen LogP contribution in [0.15, 0.2) is 18.2 Å². The SMILES string of the molecule is Cc1ccc(C(=O)N2CCOC(C)C2)cc1O. The summed E-state index contributed by atoms with van der Waals surface area (Å²) in [4.78, 5) is 13.9. The van der Waals surface area contributed by atoms with Crippen molar-refractivity contribution in [2.45, 2.75) is 20.0 Å². The quantitative estimate of drug-likeness (QED) is 0.803. The molecule has 1 amide bonds. The van der Waals surface area contributed by atoms with Crippen molar-refractivity contribution in [3.63, 3.8) is 0 Å². The summed E-state index contributed by atoms with van der Waals surface area (Å²) in [6.07, 6.45) is 0.0757. The molecule has 1 aliphatic rings. The first kappa shape index (κ1) is 11.9. The lowest BCUT2D eigenvalue weighted by Crippen LogP contribution is -2.44. The summed E-state index contributed by atoms with van der Waals surface area (Å²) in [6.45, 7) is 5.54. The second-order valence-corrected chi connectivity index (χ2v) is 4.43. The average Bonchev–Trinajstić information content (AvgIpc) is 2.32. The molecule has 1 saturated heterocycles. The highest BCUT2D eigenvalue weighted by atomic mass is 16.5. The van der Waals surface area contributed by atoms with Gasteiger partial charge in [0.1, 0.15) is 5.75 Å². The summed E-state index contributed by atoms with van der Waals surface area (Å²) in [5.74, 6) is 0.118. The molecule has 0 aliphatic carbocycles. The lowest BCUT2D eigenvalue weighted by molar-refractivity contribution is -0.0124. The molecule has 4 nitrogen and oxygen atoms in total. The molecule has 0 aromatic heterocycles. The van der Waals surface area contributed by atoms with Crippen molar-refractivity contribution < 1.29 is 14.6 Å². The zero-order valence-electron chi connectivity index (χ0n) is 10.1. The maximum Gasteiger partial charge on any atom is 0.254 e. The minimum absolute atomic E-state index is 0.0459. The predicted molar refractivity (Wildman–Crippen MR) is 64.2 cm³/mol. The Morgan fingerprint density at radius 1 is 1.53 bits per heavy atom. The zero-order chi connectivity index (χ0) is 12.4. The number of aromatic hydroxyl groups is 1. The van der Waals surface area contributed by atoms with Crippen molar-refractivity contribution in [1.29, 1.82) is 0 Å². The van der Waals surface area contributed by atoms with E-state index in [9.17, 15) is 9.90 Å². The number of ether oxygens (including phenoxy) is 1. The van der Waals surface area contributed by atoms with E-state index >= 15 is 0 Å². The van der Waals surface area contributed by atoms with Crippen LogP contribution in [0.5, 0.6) is 5.75 Å². The van der Waals surface area contributed by atoms with Crippen LogP contribution >= 0.6 is 0 Å². The number of aryl methyl sites for hydroxylation is 1. The van der Waals surface area contributed by atoms with Gasteiger partial charge in [-0.05, 0) is 31.5 Å². The van der Waals surface area contributed by atoms with Crippen LogP contribution in [0.2, 0.25) is 0 Å². The van der Waals surface area contributed by atoms with Crippen molar-refractivity contribution in [3.05, 3.63) is 29.3 Å². The molecule has 0 bridgehead atoms. The molecular weight excluding hydrogens is 218 g/mol. The summed E-state index contributed by atoms with van der Waals surface area (Å²) in [7, 11) is 0. The normalized spacial score (nSPS) is 20.4. The molecule has 1 aliphatic heterocycles. The Hall–Kier alpha value is -1.55. The van der Waals surface area contributed by atoms with Gasteiger partial charge in [-0.1, -0.05) is 6.07 Å². The highest BCUT2D eigenvalue weighted by Gasteiger charge is 2.22. The number of nitrogens with zero attached hydrogens (tertiary/aromatic N) is 1. The zero-order valence-corrected chi connectivity index (χ0v) is 10.1. The average molecular weight is 235 g/mol. The highest BCUT2D eigenvalue weighted by Crippen LogP contribution is 2.19. The Kier molecular flexibility index (Phi) is 3.33. The van der Waals surface area contributed by atoms with Gasteiger partial charge in [0.05, 0.1) is 12.7 Å². The number of carbonyl (C=O) groups excluding carboxylic acids is 1. The third kappa shape index (κ3) is 2.58. The smallest absolute Gasteiger partial charge is 0.254 e. The van der Waals surface area contributed by atoms with Gasteiger partial charge < -0.3 is 14.7 Å². The minimum atomic E-state index is -0.0459. The fourth-order valence-electron chi connectivity index (χ4n) is 1.93. The van der Waals surface area contributed by atoms with Crippen LogP contribution in [-0.2, 0) is 4.74 Å². The molecular formula is C13H17NO3. The van der Waals surface area contributed by atoms with E-state index in [0.29, 0.717) is 25.3 Å². The molecule has 2 rings (SSSR count). The topological polar surface area (TPSA) is 49.8 Å². The summed E-state index contributed by atoms with van der Waals surface area (Å²) < 4.78 is 5.39. The monoisotopic (exact) mass is 235 g/mol. The number of phenols is 1. The summed E-state index contributed by atoms with van der Waals surface area (Å²) in [5.41, 5.74) is 1.30.